The molecule has 0 unspecified atom stereocenters. The van der Waals surface area contributed by atoms with Gasteiger partial charge in [-0.3, -0.25) is 9.59 Å². The highest BCUT2D eigenvalue weighted by atomic mass is 19.1. The van der Waals surface area contributed by atoms with Crippen LogP contribution in [0.4, 0.5) is 8.78 Å². The first-order chi connectivity index (χ1) is 13.0. The fourth-order valence-electron chi connectivity index (χ4n) is 2.94. The summed E-state index contributed by atoms with van der Waals surface area (Å²) >= 11 is 0. The van der Waals surface area contributed by atoms with Crippen LogP contribution in [-0.2, 0) is 16.0 Å². The minimum absolute atomic E-state index is 0.0457. The van der Waals surface area contributed by atoms with Gasteiger partial charge in [-0.15, -0.1) is 0 Å². The third-order valence-electron chi connectivity index (χ3n) is 4.52. The largest absolute Gasteiger partial charge is 0.339 e. The molecular formula is C21H20F2N2O2. The first-order valence-electron chi connectivity index (χ1n) is 8.76. The van der Waals surface area contributed by atoms with Crippen molar-refractivity contribution in [2.75, 3.05) is 26.2 Å². The average molecular weight is 370 g/mol. The first-order valence-corrected chi connectivity index (χ1v) is 8.76. The SMILES string of the molecule is O=C(/C=C/c1ccccc1F)N1CCN(C(=O)Cc2ccc(F)cc2)CC1. The van der Waals surface area contributed by atoms with Gasteiger partial charge in [0.15, 0.2) is 0 Å². The number of carbonyl (C=O) groups is 2. The van der Waals surface area contributed by atoms with Crippen molar-refractivity contribution in [1.29, 1.82) is 0 Å². The van der Waals surface area contributed by atoms with Gasteiger partial charge in [-0.2, -0.15) is 0 Å². The standard InChI is InChI=1S/C21H20F2N2O2/c22-18-8-5-16(6-9-18)15-21(27)25-13-11-24(12-14-25)20(26)10-7-17-3-1-2-4-19(17)23/h1-10H,11-15H2/b10-7+. The van der Waals surface area contributed by atoms with E-state index in [1.54, 1.807) is 40.1 Å². The van der Waals surface area contributed by atoms with Crippen molar-refractivity contribution in [1.82, 2.24) is 9.80 Å². The van der Waals surface area contributed by atoms with Crippen molar-refractivity contribution in [2.45, 2.75) is 6.42 Å². The Morgan fingerprint density at radius 3 is 2.19 bits per heavy atom. The van der Waals surface area contributed by atoms with Crippen LogP contribution in [0.1, 0.15) is 11.1 Å². The van der Waals surface area contributed by atoms with Crippen LogP contribution in [0, 0.1) is 11.6 Å². The van der Waals surface area contributed by atoms with Gasteiger partial charge in [0, 0.05) is 37.8 Å². The van der Waals surface area contributed by atoms with Crippen molar-refractivity contribution in [3.63, 3.8) is 0 Å². The maximum atomic E-state index is 13.6. The predicted molar refractivity (Wildman–Crippen MR) is 98.7 cm³/mol. The summed E-state index contributed by atoms with van der Waals surface area (Å²) in [5.74, 6) is -0.959. The molecule has 6 heteroatoms. The van der Waals surface area contributed by atoms with Crippen LogP contribution >= 0.6 is 0 Å². The topological polar surface area (TPSA) is 40.6 Å². The van der Waals surface area contributed by atoms with Crippen LogP contribution in [0.25, 0.3) is 6.08 Å². The summed E-state index contributed by atoms with van der Waals surface area (Å²) in [6.07, 6.45) is 3.03. The number of piperazine rings is 1. The molecular weight excluding hydrogens is 350 g/mol. The Balaban J connectivity index is 1.50. The second-order valence-electron chi connectivity index (χ2n) is 6.36. The van der Waals surface area contributed by atoms with Crippen LogP contribution < -0.4 is 0 Å². The van der Waals surface area contributed by atoms with Gasteiger partial charge in [-0.1, -0.05) is 30.3 Å². The van der Waals surface area contributed by atoms with Gasteiger partial charge in [0.2, 0.25) is 11.8 Å². The first kappa shape index (κ1) is 18.8. The van der Waals surface area contributed by atoms with E-state index in [0.717, 1.165) is 5.56 Å². The molecule has 0 aliphatic carbocycles. The monoisotopic (exact) mass is 370 g/mol. The molecule has 0 bridgehead atoms. The zero-order valence-electron chi connectivity index (χ0n) is 14.8. The molecule has 0 N–H and O–H groups in total. The molecule has 3 rings (SSSR count). The zero-order chi connectivity index (χ0) is 19.2. The van der Waals surface area contributed by atoms with Gasteiger partial charge in [0.05, 0.1) is 6.42 Å². The summed E-state index contributed by atoms with van der Waals surface area (Å²) < 4.78 is 26.5. The number of benzene rings is 2. The predicted octanol–water partition coefficient (Wildman–Crippen LogP) is 2.89. The molecule has 1 heterocycles. The normalized spacial score (nSPS) is 14.6. The second kappa shape index (κ2) is 8.58. The molecule has 1 saturated heterocycles. The smallest absolute Gasteiger partial charge is 0.246 e. The molecule has 2 amide bonds. The minimum Gasteiger partial charge on any atom is -0.339 e. The highest BCUT2D eigenvalue weighted by Crippen LogP contribution is 2.11. The van der Waals surface area contributed by atoms with E-state index < -0.39 is 0 Å². The molecule has 140 valence electrons. The van der Waals surface area contributed by atoms with Gasteiger partial charge in [0.1, 0.15) is 11.6 Å². The molecule has 0 radical (unpaired) electrons. The van der Waals surface area contributed by atoms with E-state index in [4.69, 9.17) is 0 Å². The van der Waals surface area contributed by atoms with Crippen molar-refractivity contribution in [2.24, 2.45) is 0 Å². The number of nitrogens with zero attached hydrogens (tertiary/aromatic N) is 2. The van der Waals surface area contributed by atoms with Gasteiger partial charge in [0.25, 0.3) is 0 Å². The molecule has 0 atom stereocenters. The van der Waals surface area contributed by atoms with Crippen molar-refractivity contribution in [3.05, 3.63) is 77.4 Å². The Morgan fingerprint density at radius 1 is 0.889 bits per heavy atom. The van der Waals surface area contributed by atoms with E-state index in [0.29, 0.717) is 31.7 Å². The van der Waals surface area contributed by atoms with E-state index in [1.807, 2.05) is 0 Å². The van der Waals surface area contributed by atoms with Crippen LogP contribution in [0.15, 0.2) is 54.6 Å². The molecule has 1 aliphatic rings. The Hall–Kier alpha value is -3.02. The number of amides is 2. The Kier molecular flexibility index (Phi) is 5.96. The van der Waals surface area contributed by atoms with E-state index in [2.05, 4.69) is 0 Å². The molecule has 0 spiro atoms. The zero-order valence-corrected chi connectivity index (χ0v) is 14.8. The molecule has 27 heavy (non-hydrogen) atoms. The lowest BCUT2D eigenvalue weighted by Crippen LogP contribution is -2.50. The molecule has 0 aromatic heterocycles. The maximum absolute atomic E-state index is 13.6. The van der Waals surface area contributed by atoms with Crippen LogP contribution in [0.5, 0.6) is 0 Å². The van der Waals surface area contributed by atoms with Gasteiger partial charge < -0.3 is 9.80 Å². The number of carbonyl (C=O) groups excluding carboxylic acids is 2. The molecule has 1 fully saturated rings. The van der Waals surface area contributed by atoms with Crippen molar-refractivity contribution < 1.29 is 18.4 Å². The summed E-state index contributed by atoms with van der Waals surface area (Å²) in [5.41, 5.74) is 1.12. The highest BCUT2D eigenvalue weighted by Gasteiger charge is 2.23. The van der Waals surface area contributed by atoms with Crippen LogP contribution in [-0.4, -0.2) is 47.8 Å². The lowest BCUT2D eigenvalue weighted by Gasteiger charge is -2.34. The molecule has 2 aromatic carbocycles. The van der Waals surface area contributed by atoms with Crippen LogP contribution in [0.2, 0.25) is 0 Å². The number of hydrogen-bond acceptors (Lipinski definition) is 2. The lowest BCUT2D eigenvalue weighted by molar-refractivity contribution is -0.136. The van der Waals surface area contributed by atoms with E-state index in [-0.39, 0.29) is 29.9 Å². The highest BCUT2D eigenvalue weighted by molar-refractivity contribution is 5.92. The number of hydrogen-bond donors (Lipinski definition) is 0. The Bertz CT molecular complexity index is 842. The average Bonchev–Trinajstić information content (AvgIpc) is 2.69. The van der Waals surface area contributed by atoms with E-state index in [1.165, 1.54) is 30.4 Å². The van der Waals surface area contributed by atoms with Gasteiger partial charge >= 0.3 is 0 Å². The quantitative estimate of drug-likeness (QED) is 0.777. The fourth-order valence-corrected chi connectivity index (χ4v) is 2.94. The summed E-state index contributed by atoms with van der Waals surface area (Å²) in [6.45, 7) is 1.74. The minimum atomic E-state index is -0.377. The molecule has 1 aliphatic heterocycles. The summed E-state index contributed by atoms with van der Waals surface area (Å²) in [6, 6.07) is 12.1. The molecule has 0 saturated carbocycles. The summed E-state index contributed by atoms with van der Waals surface area (Å²) in [5, 5.41) is 0. The summed E-state index contributed by atoms with van der Waals surface area (Å²) in [4.78, 5) is 28.0. The summed E-state index contributed by atoms with van der Waals surface area (Å²) in [7, 11) is 0. The van der Waals surface area contributed by atoms with E-state index >= 15 is 0 Å². The third-order valence-corrected chi connectivity index (χ3v) is 4.52. The molecule has 4 nitrogen and oxygen atoms in total. The van der Waals surface area contributed by atoms with Gasteiger partial charge in [-0.05, 0) is 29.8 Å². The fraction of sp³-hybridized carbons (Fsp3) is 0.238. The second-order valence-corrected chi connectivity index (χ2v) is 6.36. The van der Waals surface area contributed by atoms with Crippen LogP contribution in [0.3, 0.4) is 0 Å². The molecule has 2 aromatic rings. The number of halogens is 2. The van der Waals surface area contributed by atoms with E-state index in [9.17, 15) is 18.4 Å². The maximum Gasteiger partial charge on any atom is 0.246 e. The number of rotatable bonds is 4. The Morgan fingerprint density at radius 2 is 1.52 bits per heavy atom. The lowest BCUT2D eigenvalue weighted by atomic mass is 10.1. The Labute approximate surface area is 156 Å². The van der Waals surface area contributed by atoms with Gasteiger partial charge in [-0.25, -0.2) is 8.78 Å². The van der Waals surface area contributed by atoms with Crippen molar-refractivity contribution >= 4 is 17.9 Å². The van der Waals surface area contributed by atoms with Crippen molar-refractivity contribution in [3.8, 4) is 0 Å². The third kappa shape index (κ3) is 5.00.